The molecule has 2 amide bonds. The van der Waals surface area contributed by atoms with Crippen LogP contribution in [-0.4, -0.2) is 28.8 Å². The largest absolute Gasteiger partial charge is 0.478 e. The molecule has 0 aliphatic heterocycles. The number of aromatic carboxylic acids is 1. The van der Waals surface area contributed by atoms with Gasteiger partial charge in [0.1, 0.15) is 5.54 Å². The molecule has 0 heterocycles. The van der Waals surface area contributed by atoms with Crippen molar-refractivity contribution in [2.24, 2.45) is 0 Å². The van der Waals surface area contributed by atoms with Gasteiger partial charge in [-0.05, 0) is 37.1 Å². The maximum Gasteiger partial charge on any atom is 0.411 e. The van der Waals surface area contributed by atoms with E-state index in [1.54, 1.807) is 0 Å². The Morgan fingerprint density at radius 1 is 1.15 bits per heavy atom. The van der Waals surface area contributed by atoms with Gasteiger partial charge in [-0.1, -0.05) is 0 Å². The number of hydrogen-bond donors (Lipinski definition) is 3. The van der Waals surface area contributed by atoms with Crippen LogP contribution in [0.2, 0.25) is 0 Å². The second kappa shape index (κ2) is 4.69. The zero-order valence-corrected chi connectivity index (χ0v) is 10.1. The smallest absolute Gasteiger partial charge is 0.411 e. The first kappa shape index (κ1) is 14.2. The van der Waals surface area contributed by atoms with Gasteiger partial charge in [0.25, 0.3) is 0 Å². The average molecular weight is 288 g/mol. The van der Waals surface area contributed by atoms with Crippen LogP contribution in [0, 0.1) is 0 Å². The van der Waals surface area contributed by atoms with Gasteiger partial charge in [-0.15, -0.1) is 0 Å². The lowest BCUT2D eigenvalue weighted by molar-refractivity contribution is -0.162. The highest BCUT2D eigenvalue weighted by atomic mass is 19.4. The van der Waals surface area contributed by atoms with Crippen molar-refractivity contribution in [2.75, 3.05) is 5.32 Å². The lowest BCUT2D eigenvalue weighted by Gasteiger charge is -2.20. The van der Waals surface area contributed by atoms with E-state index in [2.05, 4.69) is 5.32 Å². The van der Waals surface area contributed by atoms with E-state index in [-0.39, 0.29) is 24.1 Å². The van der Waals surface area contributed by atoms with Crippen LogP contribution >= 0.6 is 0 Å². The number of alkyl halides is 3. The van der Waals surface area contributed by atoms with Crippen LogP contribution < -0.4 is 10.6 Å². The number of amides is 2. The van der Waals surface area contributed by atoms with Gasteiger partial charge in [0.05, 0.1) is 5.56 Å². The molecule has 1 aromatic rings. The highest BCUT2D eigenvalue weighted by molar-refractivity contribution is 5.92. The summed E-state index contributed by atoms with van der Waals surface area (Å²) in [6.45, 7) is 0. The molecular formula is C12H11F3N2O3. The fourth-order valence-electron chi connectivity index (χ4n) is 1.68. The number of carbonyl (C=O) groups is 2. The Labute approximate surface area is 111 Å². The number of anilines is 1. The molecule has 108 valence electrons. The molecule has 1 aliphatic carbocycles. The summed E-state index contributed by atoms with van der Waals surface area (Å²) in [6.07, 6.45) is -4.75. The third-order valence-electron chi connectivity index (χ3n) is 3.04. The van der Waals surface area contributed by atoms with Crippen molar-refractivity contribution in [3.05, 3.63) is 29.8 Å². The van der Waals surface area contributed by atoms with Crippen LogP contribution in [0.1, 0.15) is 23.2 Å². The first-order chi connectivity index (χ1) is 9.23. The maximum absolute atomic E-state index is 12.6. The Balaban J connectivity index is 1.97. The molecule has 5 nitrogen and oxygen atoms in total. The molecule has 0 bridgehead atoms. The molecule has 0 saturated heterocycles. The zero-order valence-electron chi connectivity index (χ0n) is 10.1. The molecule has 1 saturated carbocycles. The van der Waals surface area contributed by atoms with Crippen molar-refractivity contribution in [1.82, 2.24) is 5.32 Å². The molecular weight excluding hydrogens is 277 g/mol. The highest BCUT2D eigenvalue weighted by Crippen LogP contribution is 2.48. The molecule has 0 unspecified atom stereocenters. The topological polar surface area (TPSA) is 78.4 Å². The van der Waals surface area contributed by atoms with Crippen molar-refractivity contribution < 1.29 is 27.9 Å². The summed E-state index contributed by atoms with van der Waals surface area (Å²) >= 11 is 0. The summed E-state index contributed by atoms with van der Waals surface area (Å²) in [4.78, 5) is 22.1. The second-order valence-electron chi connectivity index (χ2n) is 4.54. The fraction of sp³-hybridized carbons (Fsp3) is 0.333. The van der Waals surface area contributed by atoms with Crippen LogP contribution in [0.15, 0.2) is 24.3 Å². The van der Waals surface area contributed by atoms with Gasteiger partial charge in [-0.2, -0.15) is 13.2 Å². The number of nitrogens with one attached hydrogen (secondary N) is 2. The van der Waals surface area contributed by atoms with Crippen molar-refractivity contribution in [2.45, 2.75) is 24.6 Å². The van der Waals surface area contributed by atoms with Crippen LogP contribution in [-0.2, 0) is 0 Å². The summed E-state index contributed by atoms with van der Waals surface area (Å²) in [7, 11) is 0. The zero-order chi connectivity index (χ0) is 15.0. The van der Waals surface area contributed by atoms with E-state index < -0.39 is 23.7 Å². The molecule has 0 radical (unpaired) electrons. The Morgan fingerprint density at radius 3 is 2.10 bits per heavy atom. The van der Waals surface area contributed by atoms with E-state index >= 15 is 0 Å². The average Bonchev–Trinajstić information content (AvgIpc) is 3.09. The number of carboxylic acids is 1. The van der Waals surface area contributed by atoms with Gasteiger partial charge in [0.2, 0.25) is 0 Å². The Bertz CT molecular complexity index is 536. The maximum atomic E-state index is 12.6. The monoisotopic (exact) mass is 288 g/mol. The van der Waals surface area contributed by atoms with Gasteiger partial charge >= 0.3 is 18.2 Å². The number of rotatable bonds is 3. The first-order valence-electron chi connectivity index (χ1n) is 5.73. The van der Waals surface area contributed by atoms with Crippen molar-refractivity contribution in [3.63, 3.8) is 0 Å². The Hall–Kier alpha value is -2.25. The molecule has 20 heavy (non-hydrogen) atoms. The Kier molecular flexibility index (Phi) is 3.33. The summed E-state index contributed by atoms with van der Waals surface area (Å²) in [5.74, 6) is -1.13. The molecule has 0 spiro atoms. The van der Waals surface area contributed by atoms with Gasteiger partial charge in [0.15, 0.2) is 0 Å². The quantitative estimate of drug-likeness (QED) is 0.800. The van der Waals surface area contributed by atoms with E-state index in [0.29, 0.717) is 0 Å². The van der Waals surface area contributed by atoms with Gasteiger partial charge in [0, 0.05) is 5.69 Å². The van der Waals surface area contributed by atoms with Crippen LogP contribution in [0.3, 0.4) is 0 Å². The summed E-state index contributed by atoms with van der Waals surface area (Å²) < 4.78 is 37.9. The number of carbonyl (C=O) groups excluding carboxylic acids is 1. The van der Waals surface area contributed by atoms with Crippen molar-refractivity contribution in [1.29, 1.82) is 0 Å². The summed E-state index contributed by atoms with van der Waals surface area (Å²) in [5.41, 5.74) is -1.90. The van der Waals surface area contributed by atoms with Gasteiger partial charge < -0.3 is 15.7 Å². The minimum absolute atomic E-state index is 0.0184. The van der Waals surface area contributed by atoms with Crippen molar-refractivity contribution >= 4 is 17.7 Å². The van der Waals surface area contributed by atoms with E-state index in [0.717, 1.165) is 0 Å². The van der Waals surface area contributed by atoms with E-state index in [1.165, 1.54) is 24.3 Å². The fourth-order valence-corrected chi connectivity index (χ4v) is 1.68. The predicted octanol–water partition coefficient (Wildman–Crippen LogP) is 2.60. The molecule has 2 rings (SSSR count). The number of hydrogen-bond acceptors (Lipinski definition) is 2. The molecule has 1 fully saturated rings. The lowest BCUT2D eigenvalue weighted by atomic mass is 10.2. The van der Waals surface area contributed by atoms with E-state index in [9.17, 15) is 22.8 Å². The van der Waals surface area contributed by atoms with Gasteiger partial charge in [-0.3, -0.25) is 0 Å². The van der Waals surface area contributed by atoms with Crippen LogP contribution in [0.5, 0.6) is 0 Å². The minimum Gasteiger partial charge on any atom is -0.478 e. The molecule has 0 atom stereocenters. The predicted molar refractivity (Wildman–Crippen MR) is 63.6 cm³/mol. The third kappa shape index (κ3) is 2.84. The van der Waals surface area contributed by atoms with Crippen molar-refractivity contribution in [3.8, 4) is 0 Å². The number of halogens is 3. The van der Waals surface area contributed by atoms with Crippen LogP contribution in [0.25, 0.3) is 0 Å². The third-order valence-corrected chi connectivity index (χ3v) is 3.04. The standard InChI is InChI=1S/C12H11F3N2O3/c13-12(14,15)11(5-6-11)17-10(20)16-8-3-1-7(2-4-8)9(18)19/h1-4H,5-6H2,(H,18,19)(H2,16,17,20). The lowest BCUT2D eigenvalue weighted by Crippen LogP contribution is -2.49. The molecule has 1 aromatic carbocycles. The minimum atomic E-state index is -4.47. The Morgan fingerprint density at radius 2 is 1.70 bits per heavy atom. The van der Waals surface area contributed by atoms with E-state index in [4.69, 9.17) is 5.11 Å². The number of benzene rings is 1. The SMILES string of the molecule is O=C(Nc1ccc(C(=O)O)cc1)NC1(C(F)(F)F)CC1. The number of carboxylic acid groups (broad SMARTS) is 1. The summed E-state index contributed by atoms with van der Waals surface area (Å²) in [5, 5.41) is 12.8. The first-order valence-corrected chi connectivity index (χ1v) is 5.73. The molecule has 8 heteroatoms. The van der Waals surface area contributed by atoms with Gasteiger partial charge in [-0.25, -0.2) is 9.59 Å². The normalized spacial score (nSPS) is 16.4. The highest BCUT2D eigenvalue weighted by Gasteiger charge is 2.64. The van der Waals surface area contributed by atoms with E-state index in [1.807, 2.05) is 5.32 Å². The number of urea groups is 1. The molecule has 3 N–H and O–H groups in total. The summed E-state index contributed by atoms with van der Waals surface area (Å²) in [6, 6.07) is 4.12. The molecule has 1 aliphatic rings. The second-order valence-corrected chi connectivity index (χ2v) is 4.54. The van der Waals surface area contributed by atoms with Crippen LogP contribution in [0.4, 0.5) is 23.7 Å². The molecule has 0 aromatic heterocycles.